The number of benzene rings is 1. The highest BCUT2D eigenvalue weighted by Gasteiger charge is 2.22. The van der Waals surface area contributed by atoms with Crippen LogP contribution >= 0.6 is 22.9 Å². The quantitative estimate of drug-likeness (QED) is 0.517. The van der Waals surface area contributed by atoms with E-state index in [-0.39, 0.29) is 18.1 Å². The van der Waals surface area contributed by atoms with Crippen LogP contribution in [0.2, 0.25) is 5.02 Å². The zero-order valence-electron chi connectivity index (χ0n) is 16.9. The third-order valence-electron chi connectivity index (χ3n) is 5.01. The Morgan fingerprint density at radius 1 is 1.32 bits per heavy atom. The summed E-state index contributed by atoms with van der Waals surface area (Å²) < 4.78 is 36.1. The summed E-state index contributed by atoms with van der Waals surface area (Å²) in [7, 11) is -3.64. The number of nitrogens with one attached hydrogen (secondary N) is 1. The molecule has 0 atom stereocenters. The molecule has 0 spiro atoms. The number of hydrogen-bond donors (Lipinski definition) is 1. The molecule has 2 aromatic heterocycles. The Morgan fingerprint density at radius 2 is 2.10 bits per heavy atom. The minimum Gasteiger partial charge on any atom is -0.378 e. The molecule has 4 rings (SSSR count). The molecule has 0 aliphatic carbocycles. The van der Waals surface area contributed by atoms with Crippen molar-refractivity contribution in [1.82, 2.24) is 24.6 Å². The van der Waals surface area contributed by atoms with E-state index in [2.05, 4.69) is 15.0 Å². The van der Waals surface area contributed by atoms with Crippen molar-refractivity contribution in [2.75, 3.05) is 32.8 Å². The van der Waals surface area contributed by atoms with E-state index >= 15 is 0 Å². The Morgan fingerprint density at radius 3 is 2.87 bits per heavy atom. The molecule has 1 saturated heterocycles. The zero-order chi connectivity index (χ0) is 22.0. The second-order valence-corrected chi connectivity index (χ2v) is 10.6. The van der Waals surface area contributed by atoms with Crippen LogP contribution in [-0.4, -0.2) is 67.1 Å². The number of amides is 1. The van der Waals surface area contributed by atoms with Gasteiger partial charge in [0.25, 0.3) is 5.91 Å². The number of fused-ring (bicyclic) bond motifs is 1. The van der Waals surface area contributed by atoms with Crippen LogP contribution in [0, 0.1) is 6.92 Å². The fourth-order valence-electron chi connectivity index (χ4n) is 3.37. The van der Waals surface area contributed by atoms with Crippen LogP contribution < -0.4 is 4.72 Å². The average molecular weight is 484 g/mol. The van der Waals surface area contributed by atoms with E-state index in [9.17, 15) is 13.2 Å². The summed E-state index contributed by atoms with van der Waals surface area (Å²) in [6, 6.07) is 5.36. The number of carbonyl (C=O) groups is 1. The van der Waals surface area contributed by atoms with Gasteiger partial charge in [-0.05, 0) is 42.5 Å². The molecule has 3 heterocycles. The number of carbonyl (C=O) groups excluding carboxylic acids is 1. The van der Waals surface area contributed by atoms with Crippen LogP contribution in [-0.2, 0) is 21.3 Å². The number of aromatic nitrogens is 3. The van der Waals surface area contributed by atoms with Gasteiger partial charge in [0.2, 0.25) is 10.0 Å². The van der Waals surface area contributed by atoms with Gasteiger partial charge in [0.1, 0.15) is 4.21 Å². The van der Waals surface area contributed by atoms with Crippen LogP contribution in [0.4, 0.5) is 0 Å². The fourth-order valence-corrected chi connectivity index (χ4v) is 6.41. The van der Waals surface area contributed by atoms with Gasteiger partial charge in [0.05, 0.1) is 19.4 Å². The second-order valence-electron chi connectivity index (χ2n) is 7.18. The first-order valence-electron chi connectivity index (χ1n) is 9.80. The van der Waals surface area contributed by atoms with Gasteiger partial charge < -0.3 is 9.64 Å². The van der Waals surface area contributed by atoms with Gasteiger partial charge in [-0.2, -0.15) is 0 Å². The van der Waals surface area contributed by atoms with Crippen LogP contribution in [0.25, 0.3) is 10.1 Å². The van der Waals surface area contributed by atoms with Crippen LogP contribution in [0.1, 0.15) is 22.5 Å². The maximum Gasteiger partial charge on any atom is 0.276 e. The monoisotopic (exact) mass is 483 g/mol. The first-order valence-corrected chi connectivity index (χ1v) is 12.5. The SMILES string of the molecule is Cc1c(S(=O)(=O)NCCCn2cc(C(=O)N3CCOCC3)nn2)sc2ccc(Cl)cc12. The zero-order valence-corrected chi connectivity index (χ0v) is 19.3. The van der Waals surface area contributed by atoms with Gasteiger partial charge >= 0.3 is 0 Å². The Balaban J connectivity index is 1.33. The Labute approximate surface area is 189 Å². The van der Waals surface area contributed by atoms with Gasteiger partial charge in [0.15, 0.2) is 5.69 Å². The van der Waals surface area contributed by atoms with Gasteiger partial charge in [0, 0.05) is 35.9 Å². The molecule has 0 saturated carbocycles. The van der Waals surface area contributed by atoms with E-state index in [1.165, 1.54) is 11.3 Å². The van der Waals surface area contributed by atoms with E-state index in [0.717, 1.165) is 10.1 Å². The van der Waals surface area contributed by atoms with Crippen molar-refractivity contribution in [3.05, 3.63) is 40.7 Å². The number of sulfonamides is 1. The number of ether oxygens (including phenoxy) is 1. The van der Waals surface area contributed by atoms with Gasteiger partial charge in [-0.3, -0.25) is 9.48 Å². The number of halogens is 1. The minimum absolute atomic E-state index is 0.171. The highest BCUT2D eigenvalue weighted by atomic mass is 35.5. The van der Waals surface area contributed by atoms with Crippen molar-refractivity contribution in [3.63, 3.8) is 0 Å². The number of hydrogen-bond acceptors (Lipinski definition) is 7. The fraction of sp³-hybridized carbons (Fsp3) is 0.421. The summed E-state index contributed by atoms with van der Waals surface area (Å²) in [4.78, 5) is 14.1. The van der Waals surface area contributed by atoms with Gasteiger partial charge in [-0.1, -0.05) is 16.8 Å². The molecule has 0 bridgehead atoms. The summed E-state index contributed by atoms with van der Waals surface area (Å²) in [6.07, 6.45) is 2.09. The summed E-state index contributed by atoms with van der Waals surface area (Å²) in [6.45, 7) is 4.58. The van der Waals surface area contributed by atoms with Crippen molar-refractivity contribution in [2.24, 2.45) is 0 Å². The Hall–Kier alpha value is -2.05. The van der Waals surface area contributed by atoms with E-state index in [1.54, 1.807) is 34.8 Å². The van der Waals surface area contributed by atoms with Crippen molar-refractivity contribution >= 4 is 49.0 Å². The van der Waals surface area contributed by atoms with Crippen molar-refractivity contribution in [1.29, 1.82) is 0 Å². The van der Waals surface area contributed by atoms with Crippen molar-refractivity contribution in [3.8, 4) is 0 Å². The van der Waals surface area contributed by atoms with Crippen molar-refractivity contribution in [2.45, 2.75) is 24.1 Å². The molecule has 166 valence electrons. The Bertz CT molecular complexity index is 1200. The molecular formula is C19H22ClN5O4S2. The molecule has 12 heteroatoms. The summed E-state index contributed by atoms with van der Waals surface area (Å²) in [5.74, 6) is -0.171. The molecular weight excluding hydrogens is 462 g/mol. The molecule has 1 aromatic carbocycles. The molecule has 0 unspecified atom stereocenters. The summed E-state index contributed by atoms with van der Waals surface area (Å²) in [5, 5.41) is 9.34. The van der Waals surface area contributed by atoms with E-state index < -0.39 is 10.0 Å². The predicted octanol–water partition coefficient (Wildman–Crippen LogP) is 2.30. The van der Waals surface area contributed by atoms with Crippen molar-refractivity contribution < 1.29 is 17.9 Å². The number of thiophene rings is 1. The normalized spacial score (nSPS) is 15.0. The van der Waals surface area contributed by atoms with E-state index in [1.807, 2.05) is 6.07 Å². The molecule has 9 nitrogen and oxygen atoms in total. The summed E-state index contributed by atoms with van der Waals surface area (Å²) in [5.41, 5.74) is 0.972. The topological polar surface area (TPSA) is 106 Å². The average Bonchev–Trinajstić information content (AvgIpc) is 3.37. The molecule has 1 fully saturated rings. The summed E-state index contributed by atoms with van der Waals surface area (Å²) >= 11 is 7.26. The number of aryl methyl sites for hydroxylation is 2. The first kappa shape index (κ1) is 22.2. The smallest absolute Gasteiger partial charge is 0.276 e. The van der Waals surface area contributed by atoms with E-state index in [4.69, 9.17) is 16.3 Å². The lowest BCUT2D eigenvalue weighted by molar-refractivity contribution is 0.0299. The third kappa shape index (κ3) is 4.90. The standard InChI is InChI=1S/C19H22ClN5O4S2/c1-13-15-11-14(20)3-4-17(15)30-19(13)31(27,28)21-5-2-6-25-12-16(22-23-25)18(26)24-7-9-29-10-8-24/h3-4,11-12,21H,2,5-10H2,1H3. The lowest BCUT2D eigenvalue weighted by Gasteiger charge is -2.25. The molecule has 1 N–H and O–H groups in total. The number of nitrogens with zero attached hydrogens (tertiary/aromatic N) is 4. The molecule has 3 aromatic rings. The maximum atomic E-state index is 12.8. The van der Waals surface area contributed by atoms with Gasteiger partial charge in [-0.15, -0.1) is 16.4 Å². The lowest BCUT2D eigenvalue weighted by Crippen LogP contribution is -2.40. The minimum atomic E-state index is -3.64. The second kappa shape index (κ2) is 9.21. The van der Waals surface area contributed by atoms with Crippen LogP contribution in [0.15, 0.2) is 28.6 Å². The van der Waals surface area contributed by atoms with E-state index in [0.29, 0.717) is 54.1 Å². The highest BCUT2D eigenvalue weighted by Crippen LogP contribution is 2.35. The molecule has 1 aliphatic rings. The van der Waals surface area contributed by atoms with Crippen LogP contribution in [0.5, 0.6) is 0 Å². The molecule has 31 heavy (non-hydrogen) atoms. The maximum absolute atomic E-state index is 12.8. The lowest BCUT2D eigenvalue weighted by atomic mass is 10.2. The first-order chi connectivity index (χ1) is 14.8. The van der Waals surface area contributed by atoms with Crippen LogP contribution in [0.3, 0.4) is 0 Å². The predicted molar refractivity (Wildman–Crippen MR) is 118 cm³/mol. The largest absolute Gasteiger partial charge is 0.378 e. The molecule has 0 radical (unpaired) electrons. The van der Waals surface area contributed by atoms with Gasteiger partial charge in [-0.25, -0.2) is 13.1 Å². The molecule has 1 aliphatic heterocycles. The molecule has 1 amide bonds. The number of morpholine rings is 1. The highest BCUT2D eigenvalue weighted by molar-refractivity contribution is 7.91. The number of rotatable bonds is 7. The Kier molecular flexibility index (Phi) is 6.58. The third-order valence-corrected chi connectivity index (χ3v) is 8.60.